The van der Waals surface area contributed by atoms with E-state index >= 15 is 0 Å². The van der Waals surface area contributed by atoms with Crippen molar-refractivity contribution in [2.45, 2.75) is 0 Å². The minimum atomic E-state index is 0.875. The number of hydrogen-bond donors (Lipinski definition) is 0. The Bertz CT molecular complexity index is 2850. The molecule has 0 bridgehead atoms. The van der Waals surface area contributed by atoms with E-state index in [0.717, 1.165) is 39.0 Å². The first kappa shape index (κ1) is 29.5. The zero-order chi connectivity index (χ0) is 33.7. The molecular formula is C48H31NOS. The predicted octanol–water partition coefficient (Wildman–Crippen LogP) is 14.4. The van der Waals surface area contributed by atoms with Crippen molar-refractivity contribution >= 4 is 70.5 Å². The third-order valence-electron chi connectivity index (χ3n) is 9.88. The van der Waals surface area contributed by atoms with E-state index in [4.69, 9.17) is 4.42 Å². The number of para-hydroxylation sites is 2. The van der Waals surface area contributed by atoms with Gasteiger partial charge in [0.15, 0.2) is 5.58 Å². The second-order valence-corrected chi connectivity index (χ2v) is 13.9. The van der Waals surface area contributed by atoms with Gasteiger partial charge in [-0.2, -0.15) is 0 Å². The SMILES string of the molecule is c1ccc(-c2cccc(-c3ccc(N(c4cccc5c4oc4ccccc45)c4ccc(-c5ccccc5)c5c4sc4ccccc45)cc3)c2)cc1. The van der Waals surface area contributed by atoms with Crippen LogP contribution in [0.2, 0.25) is 0 Å². The number of furan rings is 1. The fourth-order valence-electron chi connectivity index (χ4n) is 7.48. The monoisotopic (exact) mass is 669 g/mol. The fraction of sp³-hybridized carbons (Fsp3) is 0. The Balaban J connectivity index is 1.20. The second kappa shape index (κ2) is 12.2. The topological polar surface area (TPSA) is 16.4 Å². The van der Waals surface area contributed by atoms with E-state index in [1.54, 1.807) is 0 Å². The van der Waals surface area contributed by atoms with E-state index in [-0.39, 0.29) is 0 Å². The standard InChI is InChI=1S/C48H31NOS/c1-3-13-32(14-4-1)35-17-11-18-36(31-35)33-25-27-37(28-26-33)49(42-22-12-21-40-39-19-7-9-23-44(39)50-47(40)42)43-30-29-38(34-15-5-2-6-16-34)46-41-20-8-10-24-45(41)51-48(43)46/h1-31H. The highest BCUT2D eigenvalue weighted by Crippen LogP contribution is 2.50. The second-order valence-electron chi connectivity index (χ2n) is 12.9. The lowest BCUT2D eigenvalue weighted by atomic mass is 9.97. The first-order chi connectivity index (χ1) is 25.3. The molecule has 0 aliphatic carbocycles. The quantitative estimate of drug-likeness (QED) is 0.175. The zero-order valence-electron chi connectivity index (χ0n) is 27.7. The number of nitrogens with zero attached hydrogens (tertiary/aromatic N) is 1. The van der Waals surface area contributed by atoms with Crippen LogP contribution in [0.15, 0.2) is 192 Å². The summed E-state index contributed by atoms with van der Waals surface area (Å²) in [5, 5.41) is 4.77. The Labute approximate surface area is 300 Å². The molecule has 2 nitrogen and oxygen atoms in total. The van der Waals surface area contributed by atoms with Gasteiger partial charge in [0, 0.05) is 31.9 Å². The van der Waals surface area contributed by atoms with Gasteiger partial charge in [0.25, 0.3) is 0 Å². The van der Waals surface area contributed by atoms with E-state index in [1.807, 2.05) is 17.4 Å². The van der Waals surface area contributed by atoms with Crippen LogP contribution < -0.4 is 4.90 Å². The number of benzene rings is 8. The van der Waals surface area contributed by atoms with Gasteiger partial charge in [0.2, 0.25) is 0 Å². The molecule has 0 unspecified atom stereocenters. The molecule has 8 aromatic carbocycles. The molecule has 0 radical (unpaired) electrons. The van der Waals surface area contributed by atoms with Crippen molar-refractivity contribution in [3.05, 3.63) is 188 Å². The van der Waals surface area contributed by atoms with E-state index < -0.39 is 0 Å². The van der Waals surface area contributed by atoms with Gasteiger partial charge in [0.1, 0.15) is 5.58 Å². The lowest BCUT2D eigenvalue weighted by molar-refractivity contribution is 0.669. The molecule has 0 saturated heterocycles. The summed E-state index contributed by atoms with van der Waals surface area (Å²) in [4.78, 5) is 2.39. The Hall–Kier alpha value is -6.42. The van der Waals surface area contributed by atoms with Gasteiger partial charge in [-0.15, -0.1) is 11.3 Å². The highest BCUT2D eigenvalue weighted by Gasteiger charge is 2.24. The van der Waals surface area contributed by atoms with Crippen LogP contribution in [0.5, 0.6) is 0 Å². The molecule has 0 aliphatic rings. The van der Waals surface area contributed by atoms with Crippen molar-refractivity contribution in [2.75, 3.05) is 4.90 Å². The highest BCUT2D eigenvalue weighted by molar-refractivity contribution is 7.26. The van der Waals surface area contributed by atoms with Crippen molar-refractivity contribution in [1.82, 2.24) is 0 Å². The molecule has 2 heterocycles. The van der Waals surface area contributed by atoms with Gasteiger partial charge in [0.05, 0.1) is 16.1 Å². The fourth-order valence-corrected chi connectivity index (χ4v) is 8.71. The summed E-state index contributed by atoms with van der Waals surface area (Å²) in [5.41, 5.74) is 12.2. The maximum atomic E-state index is 6.68. The van der Waals surface area contributed by atoms with E-state index in [0.29, 0.717) is 0 Å². The van der Waals surface area contributed by atoms with Crippen molar-refractivity contribution < 1.29 is 4.42 Å². The lowest BCUT2D eigenvalue weighted by Gasteiger charge is -2.27. The smallest absolute Gasteiger partial charge is 0.159 e. The van der Waals surface area contributed by atoms with Crippen LogP contribution in [0.25, 0.3) is 75.5 Å². The first-order valence-electron chi connectivity index (χ1n) is 17.3. The molecule has 3 heteroatoms. The summed E-state index contributed by atoms with van der Waals surface area (Å²) in [7, 11) is 0. The third-order valence-corrected chi connectivity index (χ3v) is 11.1. The van der Waals surface area contributed by atoms with Crippen LogP contribution >= 0.6 is 11.3 Å². The molecule has 0 aliphatic heterocycles. The Morgan fingerprint density at radius 2 is 1.02 bits per heavy atom. The number of anilines is 3. The predicted molar refractivity (Wildman–Crippen MR) is 218 cm³/mol. The minimum absolute atomic E-state index is 0.875. The maximum Gasteiger partial charge on any atom is 0.159 e. The maximum absolute atomic E-state index is 6.68. The summed E-state index contributed by atoms with van der Waals surface area (Å²) >= 11 is 1.85. The Morgan fingerprint density at radius 3 is 1.80 bits per heavy atom. The van der Waals surface area contributed by atoms with Crippen molar-refractivity contribution in [3.8, 4) is 33.4 Å². The molecule has 10 aromatic rings. The average molecular weight is 670 g/mol. The molecular weight excluding hydrogens is 639 g/mol. The van der Waals surface area contributed by atoms with Crippen LogP contribution in [0, 0.1) is 0 Å². The van der Waals surface area contributed by atoms with Gasteiger partial charge in [-0.05, 0) is 75.8 Å². The van der Waals surface area contributed by atoms with Gasteiger partial charge in [-0.1, -0.05) is 146 Å². The molecule has 0 fully saturated rings. The zero-order valence-corrected chi connectivity index (χ0v) is 28.5. The van der Waals surface area contributed by atoms with Crippen molar-refractivity contribution in [2.24, 2.45) is 0 Å². The highest BCUT2D eigenvalue weighted by atomic mass is 32.1. The summed E-state index contributed by atoms with van der Waals surface area (Å²) in [6, 6.07) is 67.3. The summed E-state index contributed by atoms with van der Waals surface area (Å²) < 4.78 is 9.19. The number of thiophene rings is 1. The van der Waals surface area contributed by atoms with Gasteiger partial charge < -0.3 is 9.32 Å². The summed E-state index contributed by atoms with van der Waals surface area (Å²) in [5.74, 6) is 0. The Morgan fingerprint density at radius 1 is 0.412 bits per heavy atom. The Kier molecular flexibility index (Phi) is 7.04. The summed E-state index contributed by atoms with van der Waals surface area (Å²) in [6.45, 7) is 0. The van der Waals surface area contributed by atoms with Gasteiger partial charge in [-0.3, -0.25) is 0 Å². The van der Waals surface area contributed by atoms with Crippen molar-refractivity contribution in [3.63, 3.8) is 0 Å². The number of hydrogen-bond acceptors (Lipinski definition) is 3. The minimum Gasteiger partial charge on any atom is -0.454 e. The third kappa shape index (κ3) is 5.01. The molecule has 10 rings (SSSR count). The molecule has 0 amide bonds. The van der Waals surface area contributed by atoms with E-state index in [1.165, 1.54) is 53.6 Å². The van der Waals surface area contributed by atoms with Crippen molar-refractivity contribution in [1.29, 1.82) is 0 Å². The average Bonchev–Trinajstić information content (AvgIpc) is 3.79. The summed E-state index contributed by atoms with van der Waals surface area (Å²) in [6.07, 6.45) is 0. The lowest BCUT2D eigenvalue weighted by Crippen LogP contribution is -2.10. The van der Waals surface area contributed by atoms with Crippen LogP contribution in [0.3, 0.4) is 0 Å². The van der Waals surface area contributed by atoms with Crippen LogP contribution in [-0.4, -0.2) is 0 Å². The van der Waals surface area contributed by atoms with Crippen LogP contribution in [0.1, 0.15) is 0 Å². The molecule has 51 heavy (non-hydrogen) atoms. The normalized spacial score (nSPS) is 11.5. The van der Waals surface area contributed by atoms with E-state index in [9.17, 15) is 0 Å². The first-order valence-corrected chi connectivity index (χ1v) is 18.1. The molecule has 2 aromatic heterocycles. The molecule has 0 atom stereocenters. The number of rotatable bonds is 6. The van der Waals surface area contributed by atoms with Gasteiger partial charge >= 0.3 is 0 Å². The molecule has 240 valence electrons. The molecule has 0 saturated carbocycles. The van der Waals surface area contributed by atoms with E-state index in [2.05, 4.69) is 187 Å². The van der Waals surface area contributed by atoms with Gasteiger partial charge in [-0.25, -0.2) is 0 Å². The largest absolute Gasteiger partial charge is 0.454 e. The number of fused-ring (bicyclic) bond motifs is 6. The molecule has 0 N–H and O–H groups in total. The molecule has 0 spiro atoms. The van der Waals surface area contributed by atoms with Crippen LogP contribution in [-0.2, 0) is 0 Å². The van der Waals surface area contributed by atoms with Crippen LogP contribution in [0.4, 0.5) is 17.1 Å².